The van der Waals surface area contributed by atoms with E-state index in [0.29, 0.717) is 6.04 Å². The lowest BCUT2D eigenvalue weighted by atomic mass is 9.78. The molecule has 2 aliphatic heterocycles. The summed E-state index contributed by atoms with van der Waals surface area (Å²) in [6, 6.07) is 0.943. The van der Waals surface area contributed by atoms with Crippen LogP contribution in [-0.2, 0) is 0 Å². The molecule has 1 aromatic heterocycles. The molecule has 3 heterocycles. The first kappa shape index (κ1) is 13.6. The highest BCUT2D eigenvalue weighted by molar-refractivity contribution is 5.28. The number of piperidine rings is 2. The van der Waals surface area contributed by atoms with Gasteiger partial charge in [-0.2, -0.15) is 4.98 Å². The summed E-state index contributed by atoms with van der Waals surface area (Å²) < 4.78 is 5.57. The first-order valence-electron chi connectivity index (χ1n) is 8.75. The number of hydrogen-bond acceptors (Lipinski definition) is 5. The van der Waals surface area contributed by atoms with Gasteiger partial charge in [-0.05, 0) is 56.0 Å². The van der Waals surface area contributed by atoms with Gasteiger partial charge in [0.2, 0.25) is 5.89 Å². The number of aromatic nitrogens is 2. The number of nitrogens with one attached hydrogen (secondary N) is 1. The second-order valence-corrected chi connectivity index (χ2v) is 6.93. The van der Waals surface area contributed by atoms with Crippen molar-refractivity contribution in [2.24, 2.45) is 5.92 Å². The first-order chi connectivity index (χ1) is 10.4. The van der Waals surface area contributed by atoms with Gasteiger partial charge >= 0.3 is 0 Å². The monoisotopic (exact) mass is 290 g/mol. The van der Waals surface area contributed by atoms with Crippen LogP contribution in [-0.4, -0.2) is 29.3 Å². The fourth-order valence-electron chi connectivity index (χ4n) is 4.28. The number of anilines is 1. The number of rotatable bonds is 2. The van der Waals surface area contributed by atoms with Crippen LogP contribution in [0.15, 0.2) is 4.52 Å². The smallest absolute Gasteiger partial charge is 0.266 e. The van der Waals surface area contributed by atoms with Crippen LogP contribution in [0.1, 0.15) is 69.7 Å². The largest absolute Gasteiger partial charge is 0.338 e. The molecule has 1 aromatic rings. The third kappa shape index (κ3) is 2.80. The molecule has 3 unspecified atom stereocenters. The highest BCUT2D eigenvalue weighted by atomic mass is 16.5. The molecule has 3 atom stereocenters. The van der Waals surface area contributed by atoms with Crippen LogP contribution in [0.3, 0.4) is 0 Å². The standard InChI is InChI=1S/C16H26N4O/c1-4-10-20(11-5-1)16-18-15(21-19-16)14-9-8-12-6-2-3-7-13(12)17-14/h12-14,17H,1-11H2. The van der Waals surface area contributed by atoms with Gasteiger partial charge in [-0.3, -0.25) is 0 Å². The molecular weight excluding hydrogens is 264 g/mol. The number of nitrogens with zero attached hydrogens (tertiary/aromatic N) is 3. The normalized spacial score (nSPS) is 33.7. The highest BCUT2D eigenvalue weighted by Gasteiger charge is 2.34. The van der Waals surface area contributed by atoms with Crippen LogP contribution in [0.2, 0.25) is 0 Å². The van der Waals surface area contributed by atoms with Gasteiger partial charge in [0.05, 0.1) is 6.04 Å². The predicted molar refractivity (Wildman–Crippen MR) is 81.2 cm³/mol. The van der Waals surface area contributed by atoms with Crippen LogP contribution in [0.25, 0.3) is 0 Å². The zero-order valence-electron chi connectivity index (χ0n) is 12.8. The Balaban J connectivity index is 1.43. The summed E-state index contributed by atoms with van der Waals surface area (Å²) in [6.45, 7) is 2.14. The molecule has 0 spiro atoms. The zero-order valence-corrected chi connectivity index (χ0v) is 12.8. The van der Waals surface area contributed by atoms with Crippen LogP contribution in [0.5, 0.6) is 0 Å². The van der Waals surface area contributed by atoms with E-state index in [1.807, 2.05) is 0 Å². The minimum atomic E-state index is 0.274. The molecule has 1 N–H and O–H groups in total. The van der Waals surface area contributed by atoms with Gasteiger partial charge in [0, 0.05) is 19.1 Å². The fraction of sp³-hybridized carbons (Fsp3) is 0.875. The minimum absolute atomic E-state index is 0.274. The summed E-state index contributed by atoms with van der Waals surface area (Å²) in [5.41, 5.74) is 0. The molecule has 21 heavy (non-hydrogen) atoms. The summed E-state index contributed by atoms with van der Waals surface area (Å²) in [6.07, 6.45) is 11.8. The molecule has 2 saturated heterocycles. The van der Waals surface area contributed by atoms with Crippen molar-refractivity contribution in [3.63, 3.8) is 0 Å². The molecule has 1 aliphatic carbocycles. The topological polar surface area (TPSA) is 54.2 Å². The molecule has 3 fully saturated rings. The molecule has 3 aliphatic rings. The minimum Gasteiger partial charge on any atom is -0.338 e. The molecule has 5 nitrogen and oxygen atoms in total. The Bertz CT molecular complexity index is 469. The first-order valence-corrected chi connectivity index (χ1v) is 8.75. The summed E-state index contributed by atoms with van der Waals surface area (Å²) in [5, 5.41) is 7.99. The maximum absolute atomic E-state index is 5.57. The van der Waals surface area contributed by atoms with Crippen LogP contribution >= 0.6 is 0 Å². The summed E-state index contributed by atoms with van der Waals surface area (Å²) >= 11 is 0. The van der Waals surface area contributed by atoms with Crippen LogP contribution in [0.4, 0.5) is 5.95 Å². The Hall–Kier alpha value is -1.10. The van der Waals surface area contributed by atoms with Crippen LogP contribution in [0, 0.1) is 5.92 Å². The maximum atomic E-state index is 5.57. The Morgan fingerprint density at radius 3 is 2.71 bits per heavy atom. The van der Waals surface area contributed by atoms with Crippen molar-refractivity contribution >= 4 is 5.95 Å². The van der Waals surface area contributed by atoms with Crippen molar-refractivity contribution in [2.45, 2.75) is 69.9 Å². The van der Waals surface area contributed by atoms with E-state index >= 15 is 0 Å². The van der Waals surface area contributed by atoms with E-state index in [9.17, 15) is 0 Å². The van der Waals surface area contributed by atoms with Crippen molar-refractivity contribution < 1.29 is 4.52 Å². The zero-order chi connectivity index (χ0) is 14.1. The third-order valence-electron chi connectivity index (χ3n) is 5.52. The van der Waals surface area contributed by atoms with Crippen molar-refractivity contribution in [2.75, 3.05) is 18.0 Å². The Morgan fingerprint density at radius 2 is 1.81 bits per heavy atom. The van der Waals surface area contributed by atoms with E-state index in [-0.39, 0.29) is 6.04 Å². The molecule has 0 radical (unpaired) electrons. The third-order valence-corrected chi connectivity index (χ3v) is 5.52. The number of fused-ring (bicyclic) bond motifs is 1. The summed E-state index contributed by atoms with van der Waals surface area (Å²) in [5.74, 6) is 2.48. The molecule has 1 saturated carbocycles. The van der Waals surface area contributed by atoms with E-state index in [4.69, 9.17) is 4.52 Å². The molecule has 0 bridgehead atoms. The van der Waals surface area contributed by atoms with Gasteiger partial charge in [-0.15, -0.1) is 0 Å². The van der Waals surface area contributed by atoms with Crippen molar-refractivity contribution in [3.8, 4) is 0 Å². The van der Waals surface area contributed by atoms with E-state index in [0.717, 1.165) is 37.3 Å². The quantitative estimate of drug-likeness (QED) is 0.907. The van der Waals surface area contributed by atoms with Crippen LogP contribution < -0.4 is 10.2 Å². The molecule has 116 valence electrons. The van der Waals surface area contributed by atoms with Gasteiger partial charge in [0.15, 0.2) is 0 Å². The lowest BCUT2D eigenvalue weighted by Crippen LogP contribution is -2.44. The Kier molecular flexibility index (Phi) is 3.84. The second kappa shape index (κ2) is 5.95. The lowest BCUT2D eigenvalue weighted by Gasteiger charge is -2.39. The maximum Gasteiger partial charge on any atom is 0.266 e. The van der Waals surface area contributed by atoms with Gasteiger partial charge < -0.3 is 14.7 Å². The van der Waals surface area contributed by atoms with Gasteiger partial charge in [0.1, 0.15) is 0 Å². The molecule has 0 aromatic carbocycles. The molecule has 5 heteroatoms. The summed E-state index contributed by atoms with van der Waals surface area (Å²) in [7, 11) is 0. The SMILES string of the molecule is C1CCN(c2noc(C3CCC4CCCCC4N3)n2)CC1. The lowest BCUT2D eigenvalue weighted by molar-refractivity contribution is 0.158. The van der Waals surface area contributed by atoms with E-state index in [1.54, 1.807) is 0 Å². The van der Waals surface area contributed by atoms with Crippen molar-refractivity contribution in [1.29, 1.82) is 0 Å². The second-order valence-electron chi connectivity index (χ2n) is 6.93. The Labute approximate surface area is 126 Å². The number of hydrogen-bond donors (Lipinski definition) is 1. The highest BCUT2D eigenvalue weighted by Crippen LogP contribution is 2.36. The predicted octanol–water partition coefficient (Wildman–Crippen LogP) is 3.04. The molecule has 0 amide bonds. The molecular formula is C16H26N4O. The van der Waals surface area contributed by atoms with E-state index in [1.165, 1.54) is 51.4 Å². The van der Waals surface area contributed by atoms with Gasteiger partial charge in [-0.25, -0.2) is 0 Å². The molecule has 4 rings (SSSR count). The average molecular weight is 290 g/mol. The van der Waals surface area contributed by atoms with E-state index < -0.39 is 0 Å². The average Bonchev–Trinajstić information content (AvgIpc) is 3.05. The van der Waals surface area contributed by atoms with Crippen molar-refractivity contribution in [3.05, 3.63) is 5.89 Å². The fourth-order valence-corrected chi connectivity index (χ4v) is 4.28. The Morgan fingerprint density at radius 1 is 0.952 bits per heavy atom. The van der Waals surface area contributed by atoms with E-state index in [2.05, 4.69) is 20.4 Å². The van der Waals surface area contributed by atoms with Gasteiger partial charge in [-0.1, -0.05) is 12.8 Å². The van der Waals surface area contributed by atoms with Gasteiger partial charge in [0.25, 0.3) is 5.95 Å². The van der Waals surface area contributed by atoms with Crippen molar-refractivity contribution in [1.82, 2.24) is 15.5 Å². The summed E-state index contributed by atoms with van der Waals surface area (Å²) in [4.78, 5) is 6.95.